The van der Waals surface area contributed by atoms with Crippen molar-refractivity contribution in [1.82, 2.24) is 4.98 Å². The van der Waals surface area contributed by atoms with E-state index in [1.165, 1.54) is 5.56 Å². The van der Waals surface area contributed by atoms with Crippen LogP contribution in [0.3, 0.4) is 0 Å². The summed E-state index contributed by atoms with van der Waals surface area (Å²) in [5, 5.41) is 1.10. The van der Waals surface area contributed by atoms with Crippen LogP contribution in [0.15, 0.2) is 94.9 Å². The number of aromatic nitrogens is 1. The monoisotopic (exact) mass is 386 g/mol. The van der Waals surface area contributed by atoms with Crippen molar-refractivity contribution in [2.45, 2.75) is 22.6 Å². The SMILES string of the molecule is Nc1ccccc1Sc1ccnc2cc(OCCCc3ccccc3)ccc12. The van der Waals surface area contributed by atoms with Gasteiger partial charge in [0, 0.05) is 33.1 Å². The van der Waals surface area contributed by atoms with E-state index in [2.05, 4.69) is 35.3 Å². The topological polar surface area (TPSA) is 48.1 Å². The van der Waals surface area contributed by atoms with Crippen LogP contribution >= 0.6 is 11.8 Å². The second-order valence-corrected chi connectivity index (χ2v) is 7.65. The Bertz CT molecular complexity index is 1070. The molecule has 0 saturated heterocycles. The third-order valence-electron chi connectivity index (χ3n) is 4.53. The number of rotatable bonds is 7. The molecule has 2 N–H and O–H groups in total. The molecular weight excluding hydrogens is 364 g/mol. The van der Waals surface area contributed by atoms with Gasteiger partial charge in [0.15, 0.2) is 0 Å². The average Bonchev–Trinajstić information content (AvgIpc) is 2.74. The van der Waals surface area contributed by atoms with Gasteiger partial charge in [-0.05, 0) is 48.7 Å². The van der Waals surface area contributed by atoms with Crippen LogP contribution in [0, 0.1) is 0 Å². The molecule has 140 valence electrons. The number of nitrogens with zero attached hydrogens (tertiary/aromatic N) is 1. The van der Waals surface area contributed by atoms with Crippen molar-refractivity contribution in [3.8, 4) is 5.75 Å². The Kier molecular flexibility index (Phi) is 5.78. The van der Waals surface area contributed by atoms with Crippen LogP contribution in [0.1, 0.15) is 12.0 Å². The minimum Gasteiger partial charge on any atom is -0.494 e. The number of hydrogen-bond acceptors (Lipinski definition) is 4. The lowest BCUT2D eigenvalue weighted by Gasteiger charge is -2.10. The summed E-state index contributed by atoms with van der Waals surface area (Å²) in [6.07, 6.45) is 3.84. The zero-order valence-corrected chi connectivity index (χ0v) is 16.4. The molecule has 3 aromatic carbocycles. The van der Waals surface area contributed by atoms with Crippen LogP contribution in [0.4, 0.5) is 5.69 Å². The van der Waals surface area contributed by atoms with Gasteiger partial charge in [0.25, 0.3) is 0 Å². The molecule has 0 amide bonds. The zero-order chi connectivity index (χ0) is 19.2. The first-order chi connectivity index (χ1) is 13.8. The van der Waals surface area contributed by atoms with E-state index in [0.717, 1.165) is 45.0 Å². The van der Waals surface area contributed by atoms with Gasteiger partial charge in [-0.25, -0.2) is 0 Å². The van der Waals surface area contributed by atoms with E-state index in [4.69, 9.17) is 10.5 Å². The van der Waals surface area contributed by atoms with Gasteiger partial charge >= 0.3 is 0 Å². The largest absolute Gasteiger partial charge is 0.494 e. The van der Waals surface area contributed by atoms with Gasteiger partial charge in [0.1, 0.15) is 5.75 Å². The van der Waals surface area contributed by atoms with Crippen LogP contribution in [-0.2, 0) is 6.42 Å². The predicted octanol–water partition coefficient (Wildman–Crippen LogP) is 5.98. The van der Waals surface area contributed by atoms with Crippen molar-refractivity contribution in [2.24, 2.45) is 0 Å². The number of nitrogens with two attached hydrogens (primary N) is 1. The summed E-state index contributed by atoms with van der Waals surface area (Å²) in [5.41, 5.74) is 9.15. The highest BCUT2D eigenvalue weighted by molar-refractivity contribution is 7.99. The Morgan fingerprint density at radius 1 is 0.857 bits per heavy atom. The Balaban J connectivity index is 1.44. The molecule has 0 aliphatic heterocycles. The molecule has 0 bridgehead atoms. The highest BCUT2D eigenvalue weighted by Gasteiger charge is 2.07. The third kappa shape index (κ3) is 4.46. The standard InChI is InChI=1S/C24H22N2OS/c25-21-10-4-5-11-24(21)28-23-14-15-26-22-17-19(12-13-20(22)23)27-16-6-9-18-7-2-1-3-8-18/h1-5,7-8,10-15,17H,6,9,16,25H2. The van der Waals surface area contributed by atoms with Crippen molar-refractivity contribution < 1.29 is 4.74 Å². The predicted molar refractivity (Wildman–Crippen MR) is 117 cm³/mol. The van der Waals surface area contributed by atoms with Crippen LogP contribution in [0.2, 0.25) is 0 Å². The maximum atomic E-state index is 6.09. The molecule has 0 unspecified atom stereocenters. The summed E-state index contributed by atoms with van der Waals surface area (Å²) in [7, 11) is 0. The summed E-state index contributed by atoms with van der Waals surface area (Å²) in [5.74, 6) is 0.856. The lowest BCUT2D eigenvalue weighted by atomic mass is 10.1. The molecule has 3 nitrogen and oxygen atoms in total. The number of fused-ring (bicyclic) bond motifs is 1. The van der Waals surface area contributed by atoms with E-state index in [-0.39, 0.29) is 0 Å². The number of aryl methyl sites for hydroxylation is 1. The van der Waals surface area contributed by atoms with Crippen LogP contribution in [-0.4, -0.2) is 11.6 Å². The van der Waals surface area contributed by atoms with Crippen molar-refractivity contribution in [2.75, 3.05) is 12.3 Å². The summed E-state index contributed by atoms with van der Waals surface area (Å²) >= 11 is 1.66. The Labute approximate surface area is 169 Å². The first-order valence-electron chi connectivity index (χ1n) is 9.37. The maximum Gasteiger partial charge on any atom is 0.121 e. The lowest BCUT2D eigenvalue weighted by Crippen LogP contribution is -1.99. The molecule has 0 aliphatic rings. The smallest absolute Gasteiger partial charge is 0.121 e. The molecule has 4 aromatic rings. The highest BCUT2D eigenvalue weighted by Crippen LogP contribution is 2.36. The number of pyridine rings is 1. The Morgan fingerprint density at radius 2 is 1.68 bits per heavy atom. The lowest BCUT2D eigenvalue weighted by molar-refractivity contribution is 0.311. The molecule has 0 fully saturated rings. The van der Waals surface area contributed by atoms with Crippen molar-refractivity contribution >= 4 is 28.4 Å². The van der Waals surface area contributed by atoms with E-state index >= 15 is 0 Å². The van der Waals surface area contributed by atoms with E-state index in [1.807, 2.05) is 54.7 Å². The average molecular weight is 387 g/mol. The summed E-state index contributed by atoms with van der Waals surface area (Å²) in [6.45, 7) is 0.690. The van der Waals surface area contributed by atoms with E-state index in [9.17, 15) is 0 Å². The molecule has 4 rings (SSSR count). The molecule has 28 heavy (non-hydrogen) atoms. The first kappa shape index (κ1) is 18.4. The fourth-order valence-corrected chi connectivity index (χ4v) is 4.06. The fourth-order valence-electron chi connectivity index (χ4n) is 3.08. The van der Waals surface area contributed by atoms with Gasteiger partial charge in [-0.3, -0.25) is 4.98 Å². The number of hydrogen-bond donors (Lipinski definition) is 1. The summed E-state index contributed by atoms with van der Waals surface area (Å²) in [4.78, 5) is 6.71. The number of anilines is 1. The van der Waals surface area contributed by atoms with Crippen LogP contribution in [0.5, 0.6) is 5.75 Å². The van der Waals surface area contributed by atoms with Gasteiger partial charge in [0.05, 0.1) is 12.1 Å². The van der Waals surface area contributed by atoms with Gasteiger partial charge in [-0.1, -0.05) is 54.2 Å². The van der Waals surface area contributed by atoms with E-state index in [1.54, 1.807) is 11.8 Å². The third-order valence-corrected chi connectivity index (χ3v) is 5.70. The fraction of sp³-hybridized carbons (Fsp3) is 0.125. The van der Waals surface area contributed by atoms with Crippen molar-refractivity contribution in [1.29, 1.82) is 0 Å². The van der Waals surface area contributed by atoms with Gasteiger partial charge in [0.2, 0.25) is 0 Å². The second kappa shape index (κ2) is 8.81. The molecule has 0 radical (unpaired) electrons. The molecule has 0 aliphatic carbocycles. The van der Waals surface area contributed by atoms with E-state index in [0.29, 0.717) is 6.61 Å². The molecule has 4 heteroatoms. The van der Waals surface area contributed by atoms with Gasteiger partial charge in [-0.15, -0.1) is 0 Å². The molecule has 0 saturated carbocycles. The minimum absolute atomic E-state index is 0.690. The minimum atomic E-state index is 0.690. The van der Waals surface area contributed by atoms with Crippen molar-refractivity contribution in [3.05, 3.63) is 90.6 Å². The second-order valence-electron chi connectivity index (χ2n) is 6.57. The van der Waals surface area contributed by atoms with Crippen molar-refractivity contribution in [3.63, 3.8) is 0 Å². The van der Waals surface area contributed by atoms with Crippen LogP contribution in [0.25, 0.3) is 10.9 Å². The molecule has 0 atom stereocenters. The van der Waals surface area contributed by atoms with Gasteiger partial charge < -0.3 is 10.5 Å². The van der Waals surface area contributed by atoms with Crippen LogP contribution < -0.4 is 10.5 Å². The summed E-state index contributed by atoms with van der Waals surface area (Å²) in [6, 6.07) is 26.5. The normalized spacial score (nSPS) is 10.9. The number of nitrogen functional groups attached to an aromatic ring is 1. The highest BCUT2D eigenvalue weighted by atomic mass is 32.2. The Morgan fingerprint density at radius 3 is 2.54 bits per heavy atom. The Hall–Kier alpha value is -2.98. The molecule has 0 spiro atoms. The first-order valence-corrected chi connectivity index (χ1v) is 10.2. The number of ether oxygens (including phenoxy) is 1. The van der Waals surface area contributed by atoms with Gasteiger partial charge in [-0.2, -0.15) is 0 Å². The maximum absolute atomic E-state index is 6.09. The number of para-hydroxylation sites is 1. The zero-order valence-electron chi connectivity index (χ0n) is 15.5. The number of benzene rings is 3. The van der Waals surface area contributed by atoms with E-state index < -0.39 is 0 Å². The molecular formula is C24H22N2OS. The molecule has 1 aromatic heterocycles. The summed E-state index contributed by atoms with van der Waals surface area (Å²) < 4.78 is 5.95. The quantitative estimate of drug-likeness (QED) is 0.313. The molecule has 1 heterocycles.